The lowest BCUT2D eigenvalue weighted by molar-refractivity contribution is 0.0936. The maximum Gasteiger partial charge on any atom is 0.265 e. The lowest BCUT2D eigenvalue weighted by Crippen LogP contribution is -2.31. The third-order valence-corrected chi connectivity index (χ3v) is 5.00. The number of amides is 1. The molecule has 136 valence electrons. The zero-order valence-corrected chi connectivity index (χ0v) is 15.3. The van der Waals surface area contributed by atoms with Crippen LogP contribution < -0.4 is 20.3 Å². The number of hydrogen-bond acceptors (Lipinski definition) is 6. The average molecular weight is 374 g/mol. The maximum atomic E-state index is 12.6. The van der Waals surface area contributed by atoms with E-state index in [1.165, 1.54) is 18.4 Å². The molecule has 1 amide bonds. The number of aromatic hydroxyl groups is 1. The number of fused-ring (bicyclic) bond motifs is 1. The normalized spacial score (nSPS) is 12.0. The molecule has 0 saturated heterocycles. The number of nitrogens with one attached hydrogen (secondary N) is 2. The summed E-state index contributed by atoms with van der Waals surface area (Å²) in [6.07, 6.45) is 0. The Morgan fingerprint density at radius 1 is 1.23 bits per heavy atom. The second-order valence-corrected chi connectivity index (χ2v) is 6.57. The summed E-state index contributed by atoms with van der Waals surface area (Å²) in [7, 11) is 3.07. The van der Waals surface area contributed by atoms with E-state index in [2.05, 4.69) is 10.3 Å². The van der Waals surface area contributed by atoms with Crippen LogP contribution in [0.25, 0.3) is 10.2 Å². The Labute approximate surface area is 153 Å². The molecule has 1 atom stereocenters. The molecular weight excluding hydrogens is 356 g/mol. The monoisotopic (exact) mass is 374 g/mol. The van der Waals surface area contributed by atoms with E-state index >= 15 is 0 Å². The predicted octanol–water partition coefficient (Wildman–Crippen LogP) is 2.80. The fourth-order valence-corrected chi connectivity index (χ4v) is 3.48. The molecule has 1 aromatic carbocycles. The largest absolute Gasteiger partial charge is 0.505 e. The molecule has 0 bridgehead atoms. The van der Waals surface area contributed by atoms with Crippen LogP contribution in [0.15, 0.2) is 34.4 Å². The van der Waals surface area contributed by atoms with Crippen LogP contribution in [0.1, 0.15) is 28.9 Å². The van der Waals surface area contributed by atoms with E-state index in [9.17, 15) is 14.7 Å². The van der Waals surface area contributed by atoms with E-state index in [0.717, 1.165) is 5.56 Å². The van der Waals surface area contributed by atoms with Crippen molar-refractivity contribution in [3.05, 3.63) is 51.1 Å². The molecule has 3 rings (SSSR count). The van der Waals surface area contributed by atoms with Crippen LogP contribution in [0.2, 0.25) is 0 Å². The van der Waals surface area contributed by atoms with Gasteiger partial charge < -0.3 is 24.9 Å². The second-order valence-electron chi connectivity index (χ2n) is 5.65. The number of rotatable bonds is 5. The van der Waals surface area contributed by atoms with Crippen molar-refractivity contribution in [1.82, 2.24) is 10.3 Å². The predicted molar refractivity (Wildman–Crippen MR) is 99.5 cm³/mol. The van der Waals surface area contributed by atoms with E-state index in [-0.39, 0.29) is 11.3 Å². The summed E-state index contributed by atoms with van der Waals surface area (Å²) in [6.45, 7) is 1.77. The van der Waals surface area contributed by atoms with Crippen molar-refractivity contribution in [1.29, 1.82) is 0 Å². The number of carbonyl (C=O) groups excluding carboxylic acids is 1. The van der Waals surface area contributed by atoms with Gasteiger partial charge in [0.2, 0.25) is 0 Å². The van der Waals surface area contributed by atoms with Crippen molar-refractivity contribution in [2.75, 3.05) is 14.2 Å². The summed E-state index contributed by atoms with van der Waals surface area (Å²) < 4.78 is 10.9. The van der Waals surface area contributed by atoms with E-state index in [4.69, 9.17) is 9.47 Å². The van der Waals surface area contributed by atoms with Gasteiger partial charge in [-0.2, -0.15) is 0 Å². The SMILES string of the molecule is COc1ccc(C(C)NC(=O)c2c(O)c3sccc3[nH]c2=O)cc1OC. The standard InChI is InChI=1S/C18H18N2O5S/c1-9(10-4-5-12(24-2)13(8-10)25-3)19-17(22)14-15(21)16-11(6-7-26-16)20-18(14)23/h4-9H,1-3H3,(H,19,22)(H2,20,21,23). The highest BCUT2D eigenvalue weighted by molar-refractivity contribution is 7.17. The first-order valence-electron chi connectivity index (χ1n) is 7.81. The highest BCUT2D eigenvalue weighted by atomic mass is 32.1. The van der Waals surface area contributed by atoms with Crippen molar-refractivity contribution in [2.24, 2.45) is 0 Å². The Morgan fingerprint density at radius 2 is 1.96 bits per heavy atom. The third kappa shape index (κ3) is 3.11. The minimum atomic E-state index is -0.652. The van der Waals surface area contributed by atoms with E-state index in [1.807, 2.05) is 0 Å². The lowest BCUT2D eigenvalue weighted by atomic mass is 10.1. The number of H-pyrrole nitrogens is 1. The topological polar surface area (TPSA) is 101 Å². The Balaban J connectivity index is 1.89. The van der Waals surface area contributed by atoms with Gasteiger partial charge >= 0.3 is 0 Å². The fourth-order valence-electron chi connectivity index (χ4n) is 2.68. The van der Waals surface area contributed by atoms with Crippen molar-refractivity contribution in [3.8, 4) is 17.2 Å². The molecular formula is C18H18N2O5S. The molecule has 0 fully saturated rings. The number of hydrogen-bond donors (Lipinski definition) is 3. The molecule has 2 aromatic heterocycles. The number of benzene rings is 1. The summed E-state index contributed by atoms with van der Waals surface area (Å²) in [5.74, 6) is 0.149. The van der Waals surface area contributed by atoms with Gasteiger partial charge in [-0.15, -0.1) is 11.3 Å². The number of aromatic amines is 1. The minimum absolute atomic E-state index is 0.299. The van der Waals surface area contributed by atoms with Crippen LogP contribution in [-0.4, -0.2) is 30.2 Å². The van der Waals surface area contributed by atoms with Crippen LogP contribution in [0.4, 0.5) is 0 Å². The molecule has 0 aliphatic rings. The number of carbonyl (C=O) groups is 1. The van der Waals surface area contributed by atoms with E-state index in [1.54, 1.807) is 43.7 Å². The number of aromatic nitrogens is 1. The van der Waals surface area contributed by atoms with Gasteiger partial charge in [0.15, 0.2) is 17.2 Å². The maximum absolute atomic E-state index is 12.6. The zero-order chi connectivity index (χ0) is 18.8. The van der Waals surface area contributed by atoms with Crippen LogP contribution in [0, 0.1) is 0 Å². The average Bonchev–Trinajstić information content (AvgIpc) is 3.09. The van der Waals surface area contributed by atoms with Crippen LogP contribution in [0.3, 0.4) is 0 Å². The molecule has 0 aliphatic heterocycles. The van der Waals surface area contributed by atoms with Gasteiger partial charge in [-0.05, 0) is 36.1 Å². The first-order chi connectivity index (χ1) is 12.5. The highest BCUT2D eigenvalue weighted by Crippen LogP contribution is 2.31. The zero-order valence-electron chi connectivity index (χ0n) is 14.5. The summed E-state index contributed by atoms with van der Waals surface area (Å²) in [4.78, 5) is 27.4. The minimum Gasteiger partial charge on any atom is -0.505 e. The van der Waals surface area contributed by atoms with Gasteiger partial charge in [0.1, 0.15) is 5.56 Å². The van der Waals surface area contributed by atoms with Gasteiger partial charge in [0.25, 0.3) is 11.5 Å². The summed E-state index contributed by atoms with van der Waals surface area (Å²) in [6, 6.07) is 6.53. The number of ether oxygens (including phenoxy) is 2. The van der Waals surface area contributed by atoms with Crippen LogP contribution in [0.5, 0.6) is 17.2 Å². The molecule has 0 radical (unpaired) electrons. The van der Waals surface area contributed by atoms with Gasteiger partial charge in [0.05, 0.1) is 30.5 Å². The Kier molecular flexibility index (Phi) is 4.85. The van der Waals surface area contributed by atoms with E-state index in [0.29, 0.717) is 21.7 Å². The van der Waals surface area contributed by atoms with Crippen molar-refractivity contribution in [2.45, 2.75) is 13.0 Å². The quantitative estimate of drug-likeness (QED) is 0.638. The summed E-state index contributed by atoms with van der Waals surface area (Å²) >= 11 is 1.25. The smallest absolute Gasteiger partial charge is 0.265 e. The second kappa shape index (κ2) is 7.09. The number of pyridine rings is 1. The summed E-state index contributed by atoms with van der Waals surface area (Å²) in [5, 5.41) is 14.8. The van der Waals surface area contributed by atoms with Crippen molar-refractivity contribution in [3.63, 3.8) is 0 Å². The number of thiophene rings is 1. The highest BCUT2D eigenvalue weighted by Gasteiger charge is 2.22. The first-order valence-corrected chi connectivity index (χ1v) is 8.69. The molecule has 0 aliphatic carbocycles. The molecule has 0 spiro atoms. The third-order valence-electron chi connectivity index (χ3n) is 4.07. The fraction of sp³-hybridized carbons (Fsp3) is 0.222. The molecule has 8 heteroatoms. The molecule has 26 heavy (non-hydrogen) atoms. The Bertz CT molecular complexity index is 1020. The van der Waals surface area contributed by atoms with Gasteiger partial charge in [0, 0.05) is 0 Å². The van der Waals surface area contributed by atoms with Gasteiger partial charge in [-0.3, -0.25) is 9.59 Å². The first kappa shape index (κ1) is 17.8. The van der Waals surface area contributed by atoms with Gasteiger partial charge in [-0.1, -0.05) is 6.07 Å². The molecule has 3 N–H and O–H groups in total. The number of methoxy groups -OCH3 is 2. The molecule has 7 nitrogen and oxygen atoms in total. The van der Waals surface area contributed by atoms with Crippen molar-refractivity contribution >= 4 is 27.5 Å². The summed E-state index contributed by atoms with van der Waals surface area (Å²) in [5.41, 5.74) is 0.337. The van der Waals surface area contributed by atoms with Crippen LogP contribution >= 0.6 is 11.3 Å². The Morgan fingerprint density at radius 3 is 2.65 bits per heavy atom. The lowest BCUT2D eigenvalue weighted by Gasteiger charge is -2.16. The molecule has 3 aromatic rings. The van der Waals surface area contributed by atoms with Gasteiger partial charge in [-0.25, -0.2) is 0 Å². The molecule has 1 unspecified atom stereocenters. The molecule has 0 saturated carbocycles. The molecule has 2 heterocycles. The Hall–Kier alpha value is -3.00. The van der Waals surface area contributed by atoms with Crippen molar-refractivity contribution < 1.29 is 19.4 Å². The van der Waals surface area contributed by atoms with E-state index < -0.39 is 17.5 Å². The van der Waals surface area contributed by atoms with Crippen LogP contribution in [-0.2, 0) is 0 Å².